The minimum Gasteiger partial charge on any atom is -0.390 e. The molecule has 88 valence electrons. The lowest BCUT2D eigenvalue weighted by Crippen LogP contribution is -1.99. The fraction of sp³-hybridized carbons (Fsp3) is 0.167. The van der Waals surface area contributed by atoms with Crippen LogP contribution in [-0.4, -0.2) is 15.1 Å². The summed E-state index contributed by atoms with van der Waals surface area (Å²) >= 11 is 11.8. The molecule has 2 rings (SSSR count). The van der Waals surface area contributed by atoms with Crippen LogP contribution >= 0.6 is 23.2 Å². The Kier molecular flexibility index (Phi) is 3.94. The van der Waals surface area contributed by atoms with Gasteiger partial charge >= 0.3 is 0 Å². The van der Waals surface area contributed by atoms with Crippen molar-refractivity contribution in [2.24, 2.45) is 0 Å². The second-order valence-electron chi connectivity index (χ2n) is 3.55. The Bertz CT molecular complexity index is 532. The van der Waals surface area contributed by atoms with E-state index >= 15 is 0 Å². The van der Waals surface area contributed by atoms with Gasteiger partial charge in [-0.3, -0.25) is 0 Å². The first-order chi connectivity index (χ1) is 8.19. The van der Waals surface area contributed by atoms with Crippen LogP contribution in [0.3, 0.4) is 0 Å². The lowest BCUT2D eigenvalue weighted by molar-refractivity contribution is 0.276. The van der Waals surface area contributed by atoms with Crippen LogP contribution < -0.4 is 0 Å². The maximum absolute atomic E-state index is 8.98. The zero-order valence-electron chi connectivity index (χ0n) is 8.90. The van der Waals surface area contributed by atoms with E-state index < -0.39 is 0 Å². The molecule has 1 aromatic heterocycles. The molecular formula is C12H10Cl2N2O. The highest BCUT2D eigenvalue weighted by Gasteiger charge is 2.03. The molecule has 2 aromatic rings. The predicted molar refractivity (Wildman–Crippen MR) is 67.2 cm³/mol. The summed E-state index contributed by atoms with van der Waals surface area (Å²) in [6.07, 6.45) is 2.19. The van der Waals surface area contributed by atoms with E-state index in [2.05, 4.69) is 9.97 Å². The maximum atomic E-state index is 8.98. The van der Waals surface area contributed by atoms with Gasteiger partial charge in [-0.25, -0.2) is 9.97 Å². The van der Waals surface area contributed by atoms with Gasteiger partial charge in [-0.15, -0.1) is 0 Å². The summed E-state index contributed by atoms with van der Waals surface area (Å²) in [5, 5.41) is 10.0. The van der Waals surface area contributed by atoms with Gasteiger partial charge in [0.25, 0.3) is 0 Å². The topological polar surface area (TPSA) is 46.0 Å². The Hall–Kier alpha value is -1.16. The highest BCUT2D eigenvalue weighted by atomic mass is 35.5. The van der Waals surface area contributed by atoms with Crippen LogP contribution in [0.25, 0.3) is 0 Å². The fourth-order valence-corrected chi connectivity index (χ4v) is 1.77. The molecule has 1 N–H and O–H groups in total. The molecule has 3 nitrogen and oxygen atoms in total. The second kappa shape index (κ2) is 5.45. The normalized spacial score (nSPS) is 10.5. The third-order valence-electron chi connectivity index (χ3n) is 2.27. The molecule has 0 saturated carbocycles. The van der Waals surface area contributed by atoms with Crippen molar-refractivity contribution in [2.75, 3.05) is 0 Å². The van der Waals surface area contributed by atoms with Crippen molar-refractivity contribution in [2.45, 2.75) is 13.0 Å². The summed E-state index contributed by atoms with van der Waals surface area (Å²) in [5.74, 6) is 0.648. The SMILES string of the molecule is OCc1ccnc(Cc2ccc(Cl)c(Cl)c2)n1. The molecule has 0 unspecified atom stereocenters. The summed E-state index contributed by atoms with van der Waals surface area (Å²) in [6, 6.07) is 7.09. The molecule has 0 aliphatic heterocycles. The van der Waals surface area contributed by atoms with Crippen LogP contribution in [0.5, 0.6) is 0 Å². The number of aromatic nitrogens is 2. The Morgan fingerprint density at radius 1 is 1.12 bits per heavy atom. The van der Waals surface area contributed by atoms with E-state index in [-0.39, 0.29) is 6.61 Å². The van der Waals surface area contributed by atoms with E-state index in [1.807, 2.05) is 6.07 Å². The molecule has 1 aromatic carbocycles. The molecule has 1 heterocycles. The van der Waals surface area contributed by atoms with Crippen molar-refractivity contribution in [3.8, 4) is 0 Å². The van der Waals surface area contributed by atoms with Gasteiger partial charge in [-0.1, -0.05) is 29.3 Å². The van der Waals surface area contributed by atoms with Crippen molar-refractivity contribution in [1.82, 2.24) is 9.97 Å². The molecule has 0 aliphatic carbocycles. The first-order valence-corrected chi connectivity index (χ1v) is 5.80. The molecule has 0 atom stereocenters. The van der Waals surface area contributed by atoms with E-state index in [1.165, 1.54) is 0 Å². The average Bonchev–Trinajstić information content (AvgIpc) is 2.34. The number of halogens is 2. The fourth-order valence-electron chi connectivity index (χ4n) is 1.45. The van der Waals surface area contributed by atoms with Crippen molar-refractivity contribution in [1.29, 1.82) is 0 Å². The summed E-state index contributed by atoms with van der Waals surface area (Å²) in [4.78, 5) is 8.34. The van der Waals surface area contributed by atoms with Gasteiger partial charge < -0.3 is 5.11 Å². The highest BCUT2D eigenvalue weighted by molar-refractivity contribution is 6.42. The monoisotopic (exact) mass is 268 g/mol. The van der Waals surface area contributed by atoms with Crippen LogP contribution in [0.4, 0.5) is 0 Å². The quantitative estimate of drug-likeness (QED) is 0.931. The lowest BCUT2D eigenvalue weighted by Gasteiger charge is -2.03. The second-order valence-corrected chi connectivity index (χ2v) is 4.36. The Labute approximate surface area is 109 Å². The molecule has 0 spiro atoms. The van der Waals surface area contributed by atoms with Crippen LogP contribution in [0.15, 0.2) is 30.5 Å². The van der Waals surface area contributed by atoms with Crippen LogP contribution in [0.1, 0.15) is 17.1 Å². The number of hydrogen-bond acceptors (Lipinski definition) is 3. The minimum atomic E-state index is -0.0864. The number of aliphatic hydroxyl groups is 1. The number of benzene rings is 1. The third kappa shape index (κ3) is 3.16. The average molecular weight is 269 g/mol. The van der Waals surface area contributed by atoms with Gasteiger partial charge in [0.05, 0.1) is 22.3 Å². The van der Waals surface area contributed by atoms with E-state index in [9.17, 15) is 0 Å². The summed E-state index contributed by atoms with van der Waals surface area (Å²) in [6.45, 7) is -0.0864. The smallest absolute Gasteiger partial charge is 0.132 e. The first-order valence-electron chi connectivity index (χ1n) is 5.04. The maximum Gasteiger partial charge on any atom is 0.132 e. The molecule has 0 bridgehead atoms. The number of aliphatic hydroxyl groups excluding tert-OH is 1. The van der Waals surface area contributed by atoms with Crippen molar-refractivity contribution < 1.29 is 5.11 Å². The van der Waals surface area contributed by atoms with Crippen LogP contribution in [0, 0.1) is 0 Å². The van der Waals surface area contributed by atoms with Crippen molar-refractivity contribution in [3.63, 3.8) is 0 Å². The van der Waals surface area contributed by atoms with Crippen LogP contribution in [-0.2, 0) is 13.0 Å². The predicted octanol–water partition coefficient (Wildman–Crippen LogP) is 2.87. The molecule has 0 fully saturated rings. The van der Waals surface area contributed by atoms with Crippen molar-refractivity contribution >= 4 is 23.2 Å². The van der Waals surface area contributed by atoms with E-state index in [0.717, 1.165) is 5.56 Å². The number of hydrogen-bond donors (Lipinski definition) is 1. The molecule has 0 amide bonds. The van der Waals surface area contributed by atoms with Gasteiger partial charge in [0.1, 0.15) is 5.82 Å². The summed E-state index contributed by atoms with van der Waals surface area (Å²) in [5.41, 5.74) is 1.59. The Morgan fingerprint density at radius 2 is 1.94 bits per heavy atom. The molecule has 0 aliphatic rings. The minimum absolute atomic E-state index is 0.0864. The molecule has 17 heavy (non-hydrogen) atoms. The van der Waals surface area contributed by atoms with Crippen molar-refractivity contribution in [3.05, 3.63) is 57.6 Å². The highest BCUT2D eigenvalue weighted by Crippen LogP contribution is 2.23. The first kappa shape index (κ1) is 12.3. The number of nitrogens with zero attached hydrogens (tertiary/aromatic N) is 2. The summed E-state index contributed by atoms with van der Waals surface area (Å²) < 4.78 is 0. The third-order valence-corrected chi connectivity index (χ3v) is 3.01. The standard InChI is InChI=1S/C12H10Cl2N2O/c13-10-2-1-8(5-11(10)14)6-12-15-4-3-9(7-17)16-12/h1-5,17H,6-7H2. The Balaban J connectivity index is 2.22. The van der Waals surface area contributed by atoms with Gasteiger partial charge in [0.15, 0.2) is 0 Å². The molecule has 5 heteroatoms. The molecule has 0 radical (unpaired) electrons. The van der Waals surface area contributed by atoms with E-state index in [0.29, 0.717) is 28.0 Å². The van der Waals surface area contributed by atoms with Gasteiger partial charge in [0, 0.05) is 12.6 Å². The number of rotatable bonds is 3. The molecule has 0 saturated heterocycles. The zero-order valence-corrected chi connectivity index (χ0v) is 10.4. The lowest BCUT2D eigenvalue weighted by atomic mass is 10.1. The Morgan fingerprint density at radius 3 is 2.65 bits per heavy atom. The van der Waals surface area contributed by atoms with E-state index in [4.69, 9.17) is 28.3 Å². The summed E-state index contributed by atoms with van der Waals surface area (Å²) in [7, 11) is 0. The van der Waals surface area contributed by atoms with E-state index in [1.54, 1.807) is 24.4 Å². The zero-order chi connectivity index (χ0) is 12.3. The largest absolute Gasteiger partial charge is 0.390 e. The van der Waals surface area contributed by atoms with Gasteiger partial charge in [-0.2, -0.15) is 0 Å². The van der Waals surface area contributed by atoms with Crippen LogP contribution in [0.2, 0.25) is 10.0 Å². The molecular weight excluding hydrogens is 259 g/mol. The van der Waals surface area contributed by atoms with Gasteiger partial charge in [0.2, 0.25) is 0 Å². The van der Waals surface area contributed by atoms with Gasteiger partial charge in [-0.05, 0) is 23.8 Å².